The minimum absolute atomic E-state index is 0.0246. The molecule has 0 fully saturated rings. The van der Waals surface area contributed by atoms with Gasteiger partial charge >= 0.3 is 0 Å². The monoisotopic (exact) mass is 264 g/mol. The topological polar surface area (TPSA) is 64.3 Å². The first-order chi connectivity index (χ1) is 9.12. The van der Waals surface area contributed by atoms with Gasteiger partial charge in [-0.25, -0.2) is 0 Å². The first-order valence-electron chi connectivity index (χ1n) is 6.82. The predicted octanol–water partition coefficient (Wildman–Crippen LogP) is 1.99. The number of benzene rings is 1. The number of aryl methyl sites for hydroxylation is 1. The average Bonchev–Trinajstić information content (AvgIpc) is 2.41. The fourth-order valence-corrected chi connectivity index (χ4v) is 1.93. The van der Waals surface area contributed by atoms with E-state index in [0.717, 1.165) is 23.3 Å². The van der Waals surface area contributed by atoms with E-state index in [1.807, 2.05) is 39.0 Å². The summed E-state index contributed by atoms with van der Waals surface area (Å²) in [5.41, 5.74) is 7.71. The minimum atomic E-state index is -0.0937. The Balaban J connectivity index is 2.58. The Hall–Kier alpha value is -1.55. The summed E-state index contributed by atoms with van der Waals surface area (Å²) in [7, 11) is 0. The van der Waals surface area contributed by atoms with E-state index in [4.69, 9.17) is 10.5 Å². The molecule has 0 aliphatic heterocycles. The van der Waals surface area contributed by atoms with Gasteiger partial charge < -0.3 is 15.8 Å². The van der Waals surface area contributed by atoms with Crippen LogP contribution in [0.4, 0.5) is 0 Å². The van der Waals surface area contributed by atoms with Crippen molar-refractivity contribution in [1.29, 1.82) is 0 Å². The van der Waals surface area contributed by atoms with E-state index in [2.05, 4.69) is 5.32 Å². The summed E-state index contributed by atoms with van der Waals surface area (Å²) in [6, 6.07) is 5.96. The third kappa shape index (κ3) is 4.56. The number of hydrogen-bond acceptors (Lipinski definition) is 3. The summed E-state index contributed by atoms with van der Waals surface area (Å²) in [6.07, 6.45) is 0.768. The van der Waals surface area contributed by atoms with Crippen LogP contribution in [0, 0.1) is 12.8 Å². The van der Waals surface area contributed by atoms with E-state index in [1.54, 1.807) is 0 Å². The Labute approximate surface area is 115 Å². The molecule has 0 saturated heterocycles. The number of amides is 1. The van der Waals surface area contributed by atoms with Gasteiger partial charge in [0.25, 0.3) is 0 Å². The number of nitrogens with two attached hydrogens (primary N) is 1. The zero-order valence-electron chi connectivity index (χ0n) is 12.0. The van der Waals surface area contributed by atoms with Crippen LogP contribution in [0.5, 0.6) is 5.75 Å². The van der Waals surface area contributed by atoms with Crippen molar-refractivity contribution >= 4 is 5.91 Å². The van der Waals surface area contributed by atoms with Gasteiger partial charge in [0.05, 0.1) is 6.61 Å². The maximum Gasteiger partial charge on any atom is 0.224 e. The molecule has 1 aromatic rings. The molecule has 1 rings (SSSR count). The maximum atomic E-state index is 11.8. The van der Waals surface area contributed by atoms with Gasteiger partial charge in [0.1, 0.15) is 5.75 Å². The summed E-state index contributed by atoms with van der Waals surface area (Å²) in [5.74, 6) is 0.825. The lowest BCUT2D eigenvalue weighted by atomic mass is 10.1. The summed E-state index contributed by atoms with van der Waals surface area (Å²) < 4.78 is 5.49. The number of ether oxygens (including phenoxy) is 1. The molecule has 3 N–H and O–H groups in total. The van der Waals surface area contributed by atoms with Gasteiger partial charge in [-0.1, -0.05) is 19.1 Å². The molecule has 1 amide bonds. The van der Waals surface area contributed by atoms with Crippen LogP contribution in [0.25, 0.3) is 0 Å². The van der Waals surface area contributed by atoms with Gasteiger partial charge in [-0.15, -0.1) is 0 Å². The molecule has 0 aliphatic rings. The largest absolute Gasteiger partial charge is 0.494 e. The van der Waals surface area contributed by atoms with Crippen LogP contribution in [-0.4, -0.2) is 19.1 Å². The molecular formula is C15H24N2O2. The summed E-state index contributed by atoms with van der Waals surface area (Å²) in [6.45, 7) is 7.52. The van der Waals surface area contributed by atoms with Crippen molar-refractivity contribution in [3.05, 3.63) is 29.3 Å². The zero-order chi connectivity index (χ0) is 14.3. The third-order valence-electron chi connectivity index (χ3n) is 3.15. The highest BCUT2D eigenvalue weighted by Gasteiger charge is 2.13. The molecule has 1 unspecified atom stereocenters. The van der Waals surface area contributed by atoms with Crippen molar-refractivity contribution < 1.29 is 9.53 Å². The molecule has 0 aromatic heterocycles. The highest BCUT2D eigenvalue weighted by Crippen LogP contribution is 2.19. The van der Waals surface area contributed by atoms with Crippen LogP contribution in [0.15, 0.2) is 18.2 Å². The fourth-order valence-electron chi connectivity index (χ4n) is 1.93. The number of rotatable bonds is 7. The highest BCUT2D eigenvalue weighted by atomic mass is 16.5. The maximum absolute atomic E-state index is 11.8. The fraction of sp³-hybridized carbons (Fsp3) is 0.533. The van der Waals surface area contributed by atoms with E-state index >= 15 is 0 Å². The van der Waals surface area contributed by atoms with Gasteiger partial charge in [-0.2, -0.15) is 0 Å². The van der Waals surface area contributed by atoms with E-state index < -0.39 is 0 Å². The molecule has 0 heterocycles. The van der Waals surface area contributed by atoms with Crippen LogP contribution in [0.3, 0.4) is 0 Å². The second-order valence-electron chi connectivity index (χ2n) is 4.59. The lowest BCUT2D eigenvalue weighted by Gasteiger charge is -2.13. The van der Waals surface area contributed by atoms with Crippen LogP contribution < -0.4 is 15.8 Å². The first kappa shape index (κ1) is 15.5. The standard InChI is InChI=1S/C15H24N2O2/c1-4-13(9-16)15(18)17-10-12-6-7-14(19-5-2)11(3)8-12/h6-8,13H,4-5,9-10,16H2,1-3H3,(H,17,18). The lowest BCUT2D eigenvalue weighted by molar-refractivity contribution is -0.124. The number of nitrogens with one attached hydrogen (secondary N) is 1. The van der Waals surface area contributed by atoms with Crippen molar-refractivity contribution in [2.24, 2.45) is 11.7 Å². The van der Waals surface area contributed by atoms with E-state index in [-0.39, 0.29) is 11.8 Å². The molecule has 0 radical (unpaired) electrons. The molecule has 1 aromatic carbocycles. The van der Waals surface area contributed by atoms with Crippen LogP contribution in [-0.2, 0) is 11.3 Å². The Bertz CT molecular complexity index is 415. The van der Waals surface area contributed by atoms with Crippen LogP contribution in [0.1, 0.15) is 31.4 Å². The number of hydrogen-bond donors (Lipinski definition) is 2. The van der Waals surface area contributed by atoms with E-state index in [1.165, 1.54) is 0 Å². The predicted molar refractivity (Wildman–Crippen MR) is 77.0 cm³/mol. The Morgan fingerprint density at radius 2 is 2.16 bits per heavy atom. The summed E-state index contributed by atoms with van der Waals surface area (Å²) in [5, 5.41) is 2.92. The quantitative estimate of drug-likeness (QED) is 0.791. The molecule has 0 bridgehead atoms. The minimum Gasteiger partial charge on any atom is -0.494 e. The third-order valence-corrected chi connectivity index (χ3v) is 3.15. The van der Waals surface area contributed by atoms with E-state index in [0.29, 0.717) is 19.7 Å². The Kier molecular flexibility index (Phi) is 6.36. The molecular weight excluding hydrogens is 240 g/mol. The van der Waals surface area contributed by atoms with Gasteiger partial charge in [0, 0.05) is 19.0 Å². The molecule has 1 atom stereocenters. The SMILES string of the molecule is CCOc1ccc(CNC(=O)C(CC)CN)cc1C. The second-order valence-corrected chi connectivity index (χ2v) is 4.59. The molecule has 4 heteroatoms. The van der Waals surface area contributed by atoms with Gasteiger partial charge in [0.2, 0.25) is 5.91 Å². The van der Waals surface area contributed by atoms with Gasteiger partial charge in [-0.05, 0) is 37.5 Å². The van der Waals surface area contributed by atoms with Crippen molar-refractivity contribution in [1.82, 2.24) is 5.32 Å². The normalized spacial score (nSPS) is 12.0. The Morgan fingerprint density at radius 3 is 2.68 bits per heavy atom. The average molecular weight is 264 g/mol. The molecule has 0 spiro atoms. The van der Waals surface area contributed by atoms with Crippen LogP contribution in [0.2, 0.25) is 0 Å². The Morgan fingerprint density at radius 1 is 1.42 bits per heavy atom. The highest BCUT2D eigenvalue weighted by molar-refractivity contribution is 5.78. The van der Waals surface area contributed by atoms with Crippen molar-refractivity contribution in [2.45, 2.75) is 33.7 Å². The zero-order valence-corrected chi connectivity index (χ0v) is 12.0. The second kappa shape index (κ2) is 7.79. The molecule has 19 heavy (non-hydrogen) atoms. The smallest absolute Gasteiger partial charge is 0.224 e. The summed E-state index contributed by atoms with van der Waals surface area (Å²) >= 11 is 0. The van der Waals surface area contributed by atoms with Crippen molar-refractivity contribution in [3.8, 4) is 5.75 Å². The first-order valence-corrected chi connectivity index (χ1v) is 6.82. The van der Waals surface area contributed by atoms with Crippen molar-refractivity contribution in [3.63, 3.8) is 0 Å². The summed E-state index contributed by atoms with van der Waals surface area (Å²) in [4.78, 5) is 11.8. The van der Waals surface area contributed by atoms with Gasteiger partial charge in [0.15, 0.2) is 0 Å². The number of carbonyl (C=O) groups is 1. The molecule has 4 nitrogen and oxygen atoms in total. The number of carbonyl (C=O) groups excluding carboxylic acids is 1. The van der Waals surface area contributed by atoms with Gasteiger partial charge in [-0.3, -0.25) is 4.79 Å². The van der Waals surface area contributed by atoms with Crippen LogP contribution >= 0.6 is 0 Å². The van der Waals surface area contributed by atoms with Crippen molar-refractivity contribution in [2.75, 3.05) is 13.2 Å². The lowest BCUT2D eigenvalue weighted by Crippen LogP contribution is -2.34. The van der Waals surface area contributed by atoms with E-state index in [9.17, 15) is 4.79 Å². The molecule has 106 valence electrons. The molecule has 0 aliphatic carbocycles. The molecule has 0 saturated carbocycles.